The maximum Gasteiger partial charge on any atom is 0.272 e. The van der Waals surface area contributed by atoms with Crippen molar-refractivity contribution in [3.8, 4) is 11.3 Å². The Balaban J connectivity index is 2.21. The van der Waals surface area contributed by atoms with Gasteiger partial charge in [0.1, 0.15) is 0 Å². The SMILES string of the molecule is CCCNC(C)c1ncc(-c2ccc([N+](=O)[O-])c(C)c2)o1. The topological polar surface area (TPSA) is 81.2 Å². The highest BCUT2D eigenvalue weighted by atomic mass is 16.6. The van der Waals surface area contributed by atoms with Crippen LogP contribution in [0.1, 0.15) is 37.8 Å². The molecule has 0 aliphatic heterocycles. The third kappa shape index (κ3) is 3.46. The van der Waals surface area contributed by atoms with Gasteiger partial charge in [-0.2, -0.15) is 0 Å². The Bertz CT molecular complexity index is 637. The van der Waals surface area contributed by atoms with Gasteiger partial charge in [-0.05, 0) is 38.9 Å². The van der Waals surface area contributed by atoms with Crippen LogP contribution in [0.15, 0.2) is 28.8 Å². The van der Waals surface area contributed by atoms with Crippen LogP contribution in [0, 0.1) is 17.0 Å². The molecule has 0 saturated heterocycles. The van der Waals surface area contributed by atoms with Crippen molar-refractivity contribution in [3.63, 3.8) is 0 Å². The monoisotopic (exact) mass is 289 g/mol. The summed E-state index contributed by atoms with van der Waals surface area (Å²) in [5.74, 6) is 1.24. The van der Waals surface area contributed by atoms with Gasteiger partial charge in [-0.1, -0.05) is 6.92 Å². The standard InChI is InChI=1S/C15H19N3O3/c1-4-7-16-11(3)15-17-9-14(21-15)12-5-6-13(18(19)20)10(2)8-12/h5-6,8-9,11,16H,4,7H2,1-3H3. The van der Waals surface area contributed by atoms with E-state index in [9.17, 15) is 10.1 Å². The van der Waals surface area contributed by atoms with E-state index >= 15 is 0 Å². The van der Waals surface area contributed by atoms with Crippen LogP contribution in [-0.4, -0.2) is 16.5 Å². The molecule has 0 bridgehead atoms. The van der Waals surface area contributed by atoms with E-state index < -0.39 is 0 Å². The molecule has 112 valence electrons. The summed E-state index contributed by atoms with van der Waals surface area (Å²) in [5.41, 5.74) is 1.50. The first-order valence-electron chi connectivity index (χ1n) is 6.97. The van der Waals surface area contributed by atoms with Crippen LogP contribution < -0.4 is 5.32 Å². The van der Waals surface area contributed by atoms with Crippen LogP contribution in [0.3, 0.4) is 0 Å². The van der Waals surface area contributed by atoms with Crippen molar-refractivity contribution in [3.05, 3.63) is 46.0 Å². The number of aromatic nitrogens is 1. The number of nitrogens with zero attached hydrogens (tertiary/aromatic N) is 2. The highest BCUT2D eigenvalue weighted by molar-refractivity contribution is 5.61. The van der Waals surface area contributed by atoms with Crippen LogP contribution in [0.25, 0.3) is 11.3 Å². The summed E-state index contributed by atoms with van der Waals surface area (Å²) in [4.78, 5) is 14.7. The fraction of sp³-hybridized carbons (Fsp3) is 0.400. The molecule has 21 heavy (non-hydrogen) atoms. The Kier molecular flexibility index (Phi) is 4.70. The lowest BCUT2D eigenvalue weighted by Gasteiger charge is -2.08. The first kappa shape index (κ1) is 15.2. The molecule has 2 rings (SSSR count). The summed E-state index contributed by atoms with van der Waals surface area (Å²) in [5, 5.41) is 14.1. The molecular weight excluding hydrogens is 270 g/mol. The second kappa shape index (κ2) is 6.49. The summed E-state index contributed by atoms with van der Waals surface area (Å²) in [6, 6.07) is 4.95. The first-order chi connectivity index (χ1) is 10.0. The minimum Gasteiger partial charge on any atom is -0.439 e. The van der Waals surface area contributed by atoms with Crippen molar-refractivity contribution >= 4 is 5.69 Å². The number of hydrogen-bond acceptors (Lipinski definition) is 5. The molecular formula is C15H19N3O3. The lowest BCUT2D eigenvalue weighted by atomic mass is 10.1. The minimum absolute atomic E-state index is 0.0397. The molecule has 2 aromatic rings. The van der Waals surface area contributed by atoms with E-state index in [1.54, 1.807) is 25.3 Å². The van der Waals surface area contributed by atoms with Gasteiger partial charge in [-0.25, -0.2) is 4.98 Å². The molecule has 1 aromatic heterocycles. The zero-order valence-corrected chi connectivity index (χ0v) is 12.4. The van der Waals surface area contributed by atoms with E-state index in [0.717, 1.165) is 18.5 Å². The van der Waals surface area contributed by atoms with Crippen molar-refractivity contribution in [1.82, 2.24) is 10.3 Å². The predicted octanol–water partition coefficient (Wildman–Crippen LogP) is 3.62. The normalized spacial score (nSPS) is 12.3. The lowest BCUT2D eigenvalue weighted by Crippen LogP contribution is -2.19. The molecule has 1 N–H and O–H groups in total. The first-order valence-corrected chi connectivity index (χ1v) is 6.97. The van der Waals surface area contributed by atoms with Gasteiger partial charge in [0.15, 0.2) is 5.76 Å². The Labute approximate surface area is 123 Å². The number of aryl methyl sites for hydroxylation is 1. The molecule has 6 nitrogen and oxygen atoms in total. The highest BCUT2D eigenvalue weighted by Crippen LogP contribution is 2.27. The van der Waals surface area contributed by atoms with Crippen molar-refractivity contribution in [2.24, 2.45) is 0 Å². The highest BCUT2D eigenvalue weighted by Gasteiger charge is 2.15. The zero-order valence-electron chi connectivity index (χ0n) is 12.4. The van der Waals surface area contributed by atoms with E-state index in [-0.39, 0.29) is 16.7 Å². The molecule has 1 aromatic carbocycles. The van der Waals surface area contributed by atoms with Crippen molar-refractivity contribution in [2.45, 2.75) is 33.2 Å². The molecule has 1 heterocycles. The van der Waals surface area contributed by atoms with Gasteiger partial charge in [0.25, 0.3) is 5.69 Å². The van der Waals surface area contributed by atoms with Gasteiger partial charge in [-0.3, -0.25) is 10.1 Å². The molecule has 0 amide bonds. The fourth-order valence-corrected chi connectivity index (χ4v) is 2.08. The van der Waals surface area contributed by atoms with Crippen LogP contribution in [0.5, 0.6) is 0 Å². The second-order valence-corrected chi connectivity index (χ2v) is 5.00. The van der Waals surface area contributed by atoms with Crippen LogP contribution in [0.4, 0.5) is 5.69 Å². The summed E-state index contributed by atoms with van der Waals surface area (Å²) >= 11 is 0. The Hall–Kier alpha value is -2.21. The molecule has 0 aliphatic rings. The molecule has 0 fully saturated rings. The van der Waals surface area contributed by atoms with E-state index in [1.165, 1.54) is 6.07 Å². The number of hydrogen-bond donors (Lipinski definition) is 1. The summed E-state index contributed by atoms with van der Waals surface area (Å²) in [6.45, 7) is 6.70. The van der Waals surface area contributed by atoms with Gasteiger partial charge in [0.05, 0.1) is 17.2 Å². The maximum absolute atomic E-state index is 10.8. The van der Waals surface area contributed by atoms with Gasteiger partial charge >= 0.3 is 0 Å². The fourth-order valence-electron chi connectivity index (χ4n) is 2.08. The quantitative estimate of drug-likeness (QED) is 0.648. The molecule has 0 aliphatic carbocycles. The third-order valence-electron chi connectivity index (χ3n) is 3.27. The number of benzene rings is 1. The molecule has 0 radical (unpaired) electrons. The average molecular weight is 289 g/mol. The third-order valence-corrected chi connectivity index (χ3v) is 3.27. The number of nitrogens with one attached hydrogen (secondary N) is 1. The maximum atomic E-state index is 10.8. The zero-order chi connectivity index (χ0) is 15.4. The van der Waals surface area contributed by atoms with Crippen molar-refractivity contribution < 1.29 is 9.34 Å². The molecule has 1 unspecified atom stereocenters. The van der Waals surface area contributed by atoms with E-state index in [1.807, 2.05) is 6.92 Å². The summed E-state index contributed by atoms with van der Waals surface area (Å²) in [6.07, 6.45) is 2.69. The lowest BCUT2D eigenvalue weighted by molar-refractivity contribution is -0.385. The number of nitro benzene ring substituents is 1. The summed E-state index contributed by atoms with van der Waals surface area (Å²) in [7, 11) is 0. The smallest absolute Gasteiger partial charge is 0.272 e. The Morgan fingerprint density at radius 3 is 2.86 bits per heavy atom. The predicted molar refractivity (Wildman–Crippen MR) is 80.0 cm³/mol. The Morgan fingerprint density at radius 1 is 1.48 bits per heavy atom. The van der Waals surface area contributed by atoms with Gasteiger partial charge in [0, 0.05) is 17.2 Å². The van der Waals surface area contributed by atoms with Gasteiger partial charge < -0.3 is 9.73 Å². The minimum atomic E-state index is -0.387. The van der Waals surface area contributed by atoms with Crippen LogP contribution >= 0.6 is 0 Å². The number of rotatable bonds is 6. The summed E-state index contributed by atoms with van der Waals surface area (Å²) < 4.78 is 5.74. The second-order valence-electron chi connectivity index (χ2n) is 5.00. The Morgan fingerprint density at radius 2 is 2.24 bits per heavy atom. The van der Waals surface area contributed by atoms with E-state index in [0.29, 0.717) is 17.2 Å². The number of oxazole rings is 1. The van der Waals surface area contributed by atoms with Crippen molar-refractivity contribution in [1.29, 1.82) is 0 Å². The van der Waals surface area contributed by atoms with E-state index in [2.05, 4.69) is 17.2 Å². The molecule has 0 spiro atoms. The average Bonchev–Trinajstić information content (AvgIpc) is 2.94. The largest absolute Gasteiger partial charge is 0.439 e. The molecule has 1 atom stereocenters. The number of nitro groups is 1. The van der Waals surface area contributed by atoms with Crippen molar-refractivity contribution in [2.75, 3.05) is 6.54 Å². The van der Waals surface area contributed by atoms with Crippen LogP contribution in [0.2, 0.25) is 0 Å². The van der Waals surface area contributed by atoms with Gasteiger partial charge in [0.2, 0.25) is 5.89 Å². The van der Waals surface area contributed by atoms with Crippen LogP contribution in [-0.2, 0) is 0 Å². The molecule has 0 saturated carbocycles. The van der Waals surface area contributed by atoms with E-state index in [4.69, 9.17) is 4.42 Å². The molecule has 6 heteroatoms. The van der Waals surface area contributed by atoms with Gasteiger partial charge in [-0.15, -0.1) is 0 Å².